The first-order valence-corrected chi connectivity index (χ1v) is 9.89. The molecule has 1 aromatic carbocycles. The van der Waals surface area contributed by atoms with Crippen molar-refractivity contribution in [2.24, 2.45) is 0 Å². The topological polar surface area (TPSA) is 83.0 Å². The Labute approximate surface area is 172 Å². The Bertz CT molecular complexity index is 774. The van der Waals surface area contributed by atoms with E-state index in [2.05, 4.69) is 20.2 Å². The summed E-state index contributed by atoms with van der Waals surface area (Å²) in [6, 6.07) is 7.72. The van der Waals surface area contributed by atoms with E-state index in [4.69, 9.17) is 9.47 Å². The van der Waals surface area contributed by atoms with Crippen LogP contribution in [0.25, 0.3) is 0 Å². The summed E-state index contributed by atoms with van der Waals surface area (Å²) in [4.78, 5) is 12.6. The predicted octanol–water partition coefficient (Wildman–Crippen LogP) is 1.16. The number of β-amino-alcohol motifs (C(OH)–C–C–N with tert-alkyl or cyclic N) is 1. The number of nitrogens with zero attached hydrogens (tertiary/aromatic N) is 4. The molecule has 1 aliphatic rings. The number of methoxy groups -OCH3 is 1. The Hall–Kier alpha value is -2.42. The van der Waals surface area contributed by atoms with Gasteiger partial charge in [-0.15, -0.1) is 0 Å². The average Bonchev–Trinajstić information content (AvgIpc) is 3.11. The quantitative estimate of drug-likeness (QED) is 0.614. The monoisotopic (exact) mass is 401 g/mol. The van der Waals surface area contributed by atoms with Crippen LogP contribution in [-0.4, -0.2) is 79.6 Å². The van der Waals surface area contributed by atoms with Gasteiger partial charge in [-0.05, 0) is 44.3 Å². The van der Waals surface area contributed by atoms with Crippen LogP contribution >= 0.6 is 0 Å². The van der Waals surface area contributed by atoms with E-state index in [9.17, 15) is 5.11 Å². The molecule has 1 atom stereocenters. The van der Waals surface area contributed by atoms with Crippen LogP contribution in [0.5, 0.6) is 11.5 Å². The maximum absolute atomic E-state index is 10.9. The fourth-order valence-corrected chi connectivity index (χ4v) is 3.34. The zero-order valence-electron chi connectivity index (χ0n) is 17.5. The minimum atomic E-state index is -0.793. The van der Waals surface area contributed by atoms with Gasteiger partial charge in [0.05, 0.1) is 19.3 Å². The van der Waals surface area contributed by atoms with Gasteiger partial charge in [-0.25, -0.2) is 9.97 Å². The van der Waals surface area contributed by atoms with Gasteiger partial charge in [-0.1, -0.05) is 6.07 Å². The molecule has 0 amide bonds. The summed E-state index contributed by atoms with van der Waals surface area (Å²) in [6.45, 7) is 3.85. The lowest BCUT2D eigenvalue weighted by Gasteiger charge is -2.24. The molecule has 0 unspecified atom stereocenters. The minimum absolute atomic E-state index is 0.500. The van der Waals surface area contributed by atoms with E-state index in [0.29, 0.717) is 38.6 Å². The van der Waals surface area contributed by atoms with E-state index < -0.39 is 5.60 Å². The highest BCUT2D eigenvalue weighted by atomic mass is 16.5. The van der Waals surface area contributed by atoms with Gasteiger partial charge in [-0.2, -0.15) is 0 Å². The summed E-state index contributed by atoms with van der Waals surface area (Å²) in [7, 11) is 5.67. The number of nitrogens with one attached hydrogen (secondary N) is 1. The Morgan fingerprint density at radius 2 is 2.03 bits per heavy atom. The molecule has 0 aliphatic carbocycles. The summed E-state index contributed by atoms with van der Waals surface area (Å²) in [5.41, 5.74) is 0.282. The SMILES string of the molecule is COc1cc(CNC[C@@]2(O)CCN(c3ncccn3)C2)ccc1OCCN(C)C. The molecule has 3 rings (SSSR count). The maximum Gasteiger partial charge on any atom is 0.225 e. The second kappa shape index (κ2) is 9.87. The van der Waals surface area contributed by atoms with Crippen LogP contribution in [0, 0.1) is 0 Å². The molecule has 0 saturated carbocycles. The van der Waals surface area contributed by atoms with Crippen LogP contribution < -0.4 is 19.7 Å². The molecule has 2 aromatic rings. The van der Waals surface area contributed by atoms with Gasteiger partial charge in [0, 0.05) is 38.6 Å². The highest BCUT2D eigenvalue weighted by Crippen LogP contribution is 2.28. The van der Waals surface area contributed by atoms with E-state index in [-0.39, 0.29) is 0 Å². The van der Waals surface area contributed by atoms with Crippen molar-refractivity contribution in [2.45, 2.75) is 18.6 Å². The summed E-state index contributed by atoms with van der Waals surface area (Å²) in [5.74, 6) is 2.12. The molecule has 158 valence electrons. The van der Waals surface area contributed by atoms with Gasteiger partial charge in [-0.3, -0.25) is 0 Å². The van der Waals surface area contributed by atoms with Crippen LogP contribution in [0.15, 0.2) is 36.7 Å². The van der Waals surface area contributed by atoms with Crippen molar-refractivity contribution in [3.63, 3.8) is 0 Å². The number of hydrogen-bond donors (Lipinski definition) is 2. The largest absolute Gasteiger partial charge is 0.493 e. The Balaban J connectivity index is 1.50. The van der Waals surface area contributed by atoms with Gasteiger partial charge < -0.3 is 29.7 Å². The third-order valence-electron chi connectivity index (χ3n) is 4.97. The first-order valence-electron chi connectivity index (χ1n) is 9.89. The van der Waals surface area contributed by atoms with E-state index >= 15 is 0 Å². The second-order valence-electron chi connectivity index (χ2n) is 7.69. The lowest BCUT2D eigenvalue weighted by molar-refractivity contribution is 0.0626. The van der Waals surface area contributed by atoms with Crippen molar-refractivity contribution in [2.75, 3.05) is 58.9 Å². The molecule has 8 heteroatoms. The number of aromatic nitrogens is 2. The minimum Gasteiger partial charge on any atom is -0.493 e. The van der Waals surface area contributed by atoms with E-state index in [1.165, 1.54) is 0 Å². The Morgan fingerprint density at radius 1 is 1.24 bits per heavy atom. The molecule has 1 aromatic heterocycles. The standard InChI is InChI=1S/C21H31N5O3/c1-25(2)11-12-29-18-6-5-17(13-19(18)28-3)14-22-15-21(27)7-10-26(16-21)20-23-8-4-9-24-20/h4-6,8-9,13,22,27H,7,10-12,14-16H2,1-3H3/t21-/m0/s1. The van der Waals surface area contributed by atoms with Crippen LogP contribution in [-0.2, 0) is 6.54 Å². The lowest BCUT2D eigenvalue weighted by Crippen LogP contribution is -2.43. The molecule has 2 N–H and O–H groups in total. The summed E-state index contributed by atoms with van der Waals surface area (Å²) in [5, 5.41) is 14.2. The Kier molecular flexibility index (Phi) is 7.24. The van der Waals surface area contributed by atoms with Crippen molar-refractivity contribution < 1.29 is 14.6 Å². The van der Waals surface area contributed by atoms with Crippen molar-refractivity contribution in [3.05, 3.63) is 42.2 Å². The summed E-state index contributed by atoms with van der Waals surface area (Å²) < 4.78 is 11.3. The number of benzene rings is 1. The number of anilines is 1. The molecule has 1 saturated heterocycles. The van der Waals surface area contributed by atoms with Crippen LogP contribution in [0.4, 0.5) is 5.95 Å². The second-order valence-corrected chi connectivity index (χ2v) is 7.69. The first-order chi connectivity index (χ1) is 14.0. The number of ether oxygens (including phenoxy) is 2. The predicted molar refractivity (Wildman–Crippen MR) is 113 cm³/mol. The van der Waals surface area contributed by atoms with E-state index in [1.807, 2.05) is 37.2 Å². The fraction of sp³-hybridized carbons (Fsp3) is 0.524. The van der Waals surface area contributed by atoms with Crippen LogP contribution in [0.3, 0.4) is 0 Å². The molecule has 29 heavy (non-hydrogen) atoms. The van der Waals surface area contributed by atoms with Crippen molar-refractivity contribution in [1.29, 1.82) is 0 Å². The molecule has 1 aliphatic heterocycles. The zero-order valence-corrected chi connectivity index (χ0v) is 17.5. The van der Waals surface area contributed by atoms with Crippen LogP contribution in [0.2, 0.25) is 0 Å². The number of likely N-dealkylation sites (N-methyl/N-ethyl adjacent to an activating group) is 1. The van der Waals surface area contributed by atoms with E-state index in [0.717, 1.165) is 30.2 Å². The normalized spacial score (nSPS) is 19.0. The number of hydrogen-bond acceptors (Lipinski definition) is 8. The van der Waals surface area contributed by atoms with Gasteiger partial charge in [0.1, 0.15) is 6.61 Å². The zero-order chi connectivity index (χ0) is 20.7. The highest BCUT2D eigenvalue weighted by Gasteiger charge is 2.36. The molecular weight excluding hydrogens is 370 g/mol. The van der Waals surface area contributed by atoms with Crippen LogP contribution in [0.1, 0.15) is 12.0 Å². The summed E-state index contributed by atoms with van der Waals surface area (Å²) >= 11 is 0. The third kappa shape index (κ3) is 6.03. The lowest BCUT2D eigenvalue weighted by atomic mass is 10.0. The highest BCUT2D eigenvalue weighted by molar-refractivity contribution is 5.43. The van der Waals surface area contributed by atoms with Gasteiger partial charge >= 0.3 is 0 Å². The molecule has 1 fully saturated rings. The smallest absolute Gasteiger partial charge is 0.225 e. The molecular formula is C21H31N5O3. The van der Waals surface area contributed by atoms with Gasteiger partial charge in [0.25, 0.3) is 0 Å². The molecule has 8 nitrogen and oxygen atoms in total. The third-order valence-corrected chi connectivity index (χ3v) is 4.97. The van der Waals surface area contributed by atoms with Crippen molar-refractivity contribution in [1.82, 2.24) is 20.2 Å². The fourth-order valence-electron chi connectivity index (χ4n) is 3.34. The molecule has 0 bridgehead atoms. The average molecular weight is 402 g/mol. The number of aliphatic hydroxyl groups is 1. The molecule has 0 radical (unpaired) electrons. The van der Waals surface area contributed by atoms with Gasteiger partial charge in [0.2, 0.25) is 5.95 Å². The van der Waals surface area contributed by atoms with Gasteiger partial charge in [0.15, 0.2) is 11.5 Å². The summed E-state index contributed by atoms with van der Waals surface area (Å²) in [6.07, 6.45) is 4.12. The maximum atomic E-state index is 10.9. The first kappa shape index (κ1) is 21.3. The van der Waals surface area contributed by atoms with Crippen molar-refractivity contribution >= 4 is 5.95 Å². The Morgan fingerprint density at radius 3 is 2.76 bits per heavy atom. The van der Waals surface area contributed by atoms with Crippen molar-refractivity contribution in [3.8, 4) is 11.5 Å². The molecule has 0 spiro atoms. The number of rotatable bonds is 10. The van der Waals surface area contributed by atoms with E-state index in [1.54, 1.807) is 25.6 Å². The molecule has 2 heterocycles.